The van der Waals surface area contributed by atoms with Crippen molar-refractivity contribution in [1.82, 2.24) is 0 Å². The third-order valence-electron chi connectivity index (χ3n) is 5.97. The van der Waals surface area contributed by atoms with Crippen LogP contribution in [0.5, 0.6) is 0 Å². The third kappa shape index (κ3) is 1.46. The van der Waals surface area contributed by atoms with Crippen molar-refractivity contribution in [2.45, 2.75) is 64.1 Å². The second-order valence-corrected chi connectivity index (χ2v) is 7.14. The average molecular weight is 282 g/mol. The number of esters is 1. The normalized spacial score (nSPS) is 57.8. The van der Waals surface area contributed by atoms with Crippen molar-refractivity contribution in [1.29, 1.82) is 0 Å². The zero-order valence-electron chi connectivity index (χ0n) is 12.3. The van der Waals surface area contributed by atoms with Gasteiger partial charge in [0.05, 0.1) is 5.92 Å². The molecule has 0 aromatic carbocycles. The summed E-state index contributed by atoms with van der Waals surface area (Å²) in [7, 11) is 0. The van der Waals surface area contributed by atoms with E-state index in [0.29, 0.717) is 11.8 Å². The molecule has 1 saturated carbocycles. The smallest absolute Gasteiger partial charge is 0.311 e. The summed E-state index contributed by atoms with van der Waals surface area (Å²) in [5.74, 6) is -0.137. The molecule has 0 amide bonds. The van der Waals surface area contributed by atoms with Gasteiger partial charge in [0.25, 0.3) is 0 Å². The standard InChI is InChI=1S/C15H22O5/c1-8-4-5-11-9(2)12(16)17-13-15(11)10(8)6-7-14(3,18-13)19-20-15/h8-11,13H,4-7H2,1-3H3/t8-,9-,10?,11?,13?,14?,15-/m0/s1. The first-order valence-electron chi connectivity index (χ1n) is 7.71. The van der Waals surface area contributed by atoms with Crippen LogP contribution in [-0.4, -0.2) is 23.6 Å². The maximum atomic E-state index is 12.1. The third-order valence-corrected chi connectivity index (χ3v) is 5.97. The molecule has 4 aliphatic heterocycles. The SMILES string of the molecule is C[C@@H]1C(=O)OC2OC3(C)CCC4[C@@H](C)CCC1[C@]24OO3. The Balaban J connectivity index is 1.84. The number of carbonyl (C=O) groups is 1. The van der Waals surface area contributed by atoms with Gasteiger partial charge in [-0.05, 0) is 32.1 Å². The van der Waals surface area contributed by atoms with Gasteiger partial charge in [0.2, 0.25) is 12.1 Å². The highest BCUT2D eigenvalue weighted by molar-refractivity contribution is 5.74. The van der Waals surface area contributed by atoms with Gasteiger partial charge in [0, 0.05) is 18.3 Å². The van der Waals surface area contributed by atoms with Crippen LogP contribution < -0.4 is 0 Å². The fourth-order valence-electron chi connectivity index (χ4n) is 4.76. The molecule has 5 heteroatoms. The van der Waals surface area contributed by atoms with Crippen LogP contribution in [0.25, 0.3) is 0 Å². The largest absolute Gasteiger partial charge is 0.432 e. The molecule has 5 rings (SSSR count). The molecule has 7 atom stereocenters. The van der Waals surface area contributed by atoms with Gasteiger partial charge in [-0.15, -0.1) is 0 Å². The second kappa shape index (κ2) is 3.96. The maximum Gasteiger partial charge on any atom is 0.311 e. The van der Waals surface area contributed by atoms with Gasteiger partial charge in [0.15, 0.2) is 5.60 Å². The summed E-state index contributed by atoms with van der Waals surface area (Å²) in [4.78, 5) is 23.7. The van der Waals surface area contributed by atoms with Crippen LogP contribution in [0.2, 0.25) is 0 Å². The molecule has 2 bridgehead atoms. The zero-order chi connectivity index (χ0) is 14.1. The van der Waals surface area contributed by atoms with Gasteiger partial charge >= 0.3 is 5.97 Å². The fraction of sp³-hybridized carbons (Fsp3) is 0.933. The number of hydrogen-bond donors (Lipinski definition) is 0. The van der Waals surface area contributed by atoms with E-state index in [0.717, 1.165) is 25.7 Å². The molecule has 5 fully saturated rings. The highest BCUT2D eigenvalue weighted by atomic mass is 17.3. The Hall–Kier alpha value is -0.650. The first-order valence-corrected chi connectivity index (χ1v) is 7.71. The molecule has 0 N–H and O–H groups in total. The monoisotopic (exact) mass is 282 g/mol. The van der Waals surface area contributed by atoms with E-state index in [9.17, 15) is 4.79 Å². The summed E-state index contributed by atoms with van der Waals surface area (Å²) < 4.78 is 11.6. The lowest BCUT2D eigenvalue weighted by Crippen LogP contribution is -2.69. The molecular weight excluding hydrogens is 260 g/mol. The minimum absolute atomic E-state index is 0.123. The molecule has 4 saturated heterocycles. The van der Waals surface area contributed by atoms with E-state index in [1.54, 1.807) is 0 Å². The quantitative estimate of drug-likeness (QED) is 0.504. The van der Waals surface area contributed by atoms with Crippen LogP contribution in [0.3, 0.4) is 0 Å². The molecule has 4 unspecified atom stereocenters. The summed E-state index contributed by atoms with van der Waals surface area (Å²) >= 11 is 0. The summed E-state index contributed by atoms with van der Waals surface area (Å²) in [6, 6.07) is 0. The fourth-order valence-corrected chi connectivity index (χ4v) is 4.76. The van der Waals surface area contributed by atoms with Crippen molar-refractivity contribution >= 4 is 5.97 Å². The topological polar surface area (TPSA) is 54.0 Å². The van der Waals surface area contributed by atoms with E-state index in [-0.39, 0.29) is 17.8 Å². The van der Waals surface area contributed by atoms with Crippen molar-refractivity contribution in [3.63, 3.8) is 0 Å². The van der Waals surface area contributed by atoms with E-state index >= 15 is 0 Å². The summed E-state index contributed by atoms with van der Waals surface area (Å²) in [5.41, 5.74) is -0.610. The molecule has 112 valence electrons. The van der Waals surface area contributed by atoms with E-state index < -0.39 is 17.7 Å². The van der Waals surface area contributed by atoms with Gasteiger partial charge in [-0.3, -0.25) is 4.79 Å². The number of ether oxygens (including phenoxy) is 2. The molecule has 0 radical (unpaired) electrons. The Bertz CT molecular complexity index is 452. The summed E-state index contributed by atoms with van der Waals surface area (Å²) in [6.07, 6.45) is 3.24. The molecule has 0 aromatic rings. The molecule has 0 aromatic heterocycles. The van der Waals surface area contributed by atoms with Crippen LogP contribution in [0, 0.1) is 23.7 Å². The van der Waals surface area contributed by atoms with Crippen LogP contribution in [0.1, 0.15) is 46.5 Å². The lowest BCUT2D eigenvalue weighted by atomic mass is 9.58. The van der Waals surface area contributed by atoms with Gasteiger partial charge in [-0.1, -0.05) is 13.8 Å². The van der Waals surface area contributed by atoms with Crippen molar-refractivity contribution in [3.05, 3.63) is 0 Å². The predicted molar refractivity (Wildman–Crippen MR) is 68.0 cm³/mol. The molecule has 5 nitrogen and oxygen atoms in total. The highest BCUT2D eigenvalue weighted by Gasteiger charge is 2.69. The van der Waals surface area contributed by atoms with E-state index in [1.807, 2.05) is 13.8 Å². The van der Waals surface area contributed by atoms with Crippen LogP contribution in [0.4, 0.5) is 0 Å². The lowest BCUT2D eigenvalue weighted by Gasteiger charge is -2.57. The molecule has 20 heavy (non-hydrogen) atoms. The van der Waals surface area contributed by atoms with Crippen molar-refractivity contribution in [3.8, 4) is 0 Å². The summed E-state index contributed by atoms with van der Waals surface area (Å²) in [5, 5.41) is 0. The van der Waals surface area contributed by atoms with Crippen molar-refractivity contribution in [2.24, 2.45) is 23.7 Å². The maximum absolute atomic E-state index is 12.1. The highest BCUT2D eigenvalue weighted by Crippen LogP contribution is 2.59. The van der Waals surface area contributed by atoms with Crippen LogP contribution >= 0.6 is 0 Å². The zero-order valence-corrected chi connectivity index (χ0v) is 12.3. The Morgan fingerprint density at radius 1 is 1.10 bits per heavy atom. The second-order valence-electron chi connectivity index (χ2n) is 7.14. The van der Waals surface area contributed by atoms with Gasteiger partial charge < -0.3 is 9.47 Å². The number of hydrogen-bond acceptors (Lipinski definition) is 5. The van der Waals surface area contributed by atoms with Crippen molar-refractivity contribution < 1.29 is 24.0 Å². The number of fused-ring (bicyclic) bond motifs is 2. The predicted octanol–water partition coefficient (Wildman–Crippen LogP) is 2.39. The van der Waals surface area contributed by atoms with Crippen LogP contribution in [-0.2, 0) is 24.0 Å². The Kier molecular flexibility index (Phi) is 2.58. The number of rotatable bonds is 0. The van der Waals surface area contributed by atoms with Crippen LogP contribution in [0.15, 0.2) is 0 Å². The first kappa shape index (κ1) is 13.0. The van der Waals surface area contributed by atoms with Gasteiger partial charge in [-0.25, -0.2) is 9.78 Å². The minimum Gasteiger partial charge on any atom is -0.432 e. The van der Waals surface area contributed by atoms with E-state index in [1.165, 1.54) is 0 Å². The van der Waals surface area contributed by atoms with E-state index in [4.69, 9.17) is 19.2 Å². The van der Waals surface area contributed by atoms with Crippen molar-refractivity contribution in [2.75, 3.05) is 0 Å². The average Bonchev–Trinajstić information content (AvgIpc) is 2.63. The molecule has 4 heterocycles. The molecule has 5 aliphatic rings. The Morgan fingerprint density at radius 2 is 1.90 bits per heavy atom. The van der Waals surface area contributed by atoms with Gasteiger partial charge in [-0.2, -0.15) is 0 Å². The molecule has 1 aliphatic carbocycles. The van der Waals surface area contributed by atoms with Gasteiger partial charge in [0.1, 0.15) is 0 Å². The number of carbonyl (C=O) groups excluding carboxylic acids is 1. The molecule has 1 spiro atoms. The van der Waals surface area contributed by atoms with E-state index in [2.05, 4.69) is 6.92 Å². The minimum atomic E-state index is -0.793. The lowest BCUT2D eigenvalue weighted by molar-refractivity contribution is -0.559. The Labute approximate surface area is 118 Å². The summed E-state index contributed by atoms with van der Waals surface area (Å²) in [6.45, 7) is 6.06. The Morgan fingerprint density at radius 3 is 2.70 bits per heavy atom. The first-order chi connectivity index (χ1) is 9.46. The molecular formula is C15H22O5.